The van der Waals surface area contributed by atoms with Crippen molar-refractivity contribution in [3.05, 3.63) is 34.1 Å². The summed E-state index contributed by atoms with van der Waals surface area (Å²) in [5.41, 5.74) is 4.12. The molecule has 0 radical (unpaired) electrons. The molecule has 116 valence electrons. The molecule has 21 heavy (non-hydrogen) atoms. The van der Waals surface area contributed by atoms with Gasteiger partial charge in [-0.3, -0.25) is 14.9 Å². The number of nitro benzene ring substituents is 1. The van der Waals surface area contributed by atoms with Crippen LogP contribution in [0.2, 0.25) is 0 Å². The van der Waals surface area contributed by atoms with Crippen molar-refractivity contribution in [3.63, 3.8) is 0 Å². The third kappa shape index (κ3) is 4.38. The van der Waals surface area contributed by atoms with Crippen molar-refractivity contribution in [2.24, 2.45) is 5.73 Å². The Morgan fingerprint density at radius 3 is 2.71 bits per heavy atom. The van der Waals surface area contributed by atoms with Gasteiger partial charge < -0.3 is 15.2 Å². The molecule has 0 saturated carbocycles. The molecule has 2 N–H and O–H groups in total. The zero-order valence-electron chi connectivity index (χ0n) is 12.0. The molecule has 0 amide bonds. The molecule has 1 rings (SSSR count). The summed E-state index contributed by atoms with van der Waals surface area (Å²) >= 11 is 0. The summed E-state index contributed by atoms with van der Waals surface area (Å²) in [6.45, 7) is 3.03. The van der Waals surface area contributed by atoms with Gasteiger partial charge in [0.25, 0.3) is 0 Å². The van der Waals surface area contributed by atoms with Gasteiger partial charge in [-0.1, -0.05) is 0 Å². The predicted octanol–water partition coefficient (Wildman–Crippen LogP) is 1.78. The Hall–Kier alpha value is -2.22. The van der Waals surface area contributed by atoms with Crippen LogP contribution >= 0.6 is 0 Å². The largest absolute Gasteiger partial charge is 0.484 e. The van der Waals surface area contributed by atoms with E-state index >= 15 is 0 Å². The standard InChI is InChI=1S/C13H17FN2O5/c1-8(7-13(2,15)12(17)20-3)21-11-6-9(14)4-5-10(11)16(18)19/h4-6,8H,7,15H2,1-3H3. The van der Waals surface area contributed by atoms with E-state index in [9.17, 15) is 19.3 Å². The Kier molecular flexibility index (Phi) is 5.20. The monoisotopic (exact) mass is 300 g/mol. The van der Waals surface area contributed by atoms with Crippen LogP contribution in [0.3, 0.4) is 0 Å². The zero-order valence-corrected chi connectivity index (χ0v) is 12.0. The molecule has 1 aromatic carbocycles. The van der Waals surface area contributed by atoms with Gasteiger partial charge in [-0.05, 0) is 19.9 Å². The quantitative estimate of drug-likeness (QED) is 0.488. The van der Waals surface area contributed by atoms with E-state index in [1.54, 1.807) is 6.92 Å². The third-order valence-corrected chi connectivity index (χ3v) is 2.81. The highest BCUT2D eigenvalue weighted by atomic mass is 19.1. The maximum Gasteiger partial charge on any atom is 0.325 e. The van der Waals surface area contributed by atoms with E-state index in [0.29, 0.717) is 0 Å². The lowest BCUT2D eigenvalue weighted by Gasteiger charge is -2.25. The second-order valence-electron chi connectivity index (χ2n) is 4.91. The Morgan fingerprint density at radius 2 is 2.19 bits per heavy atom. The van der Waals surface area contributed by atoms with Crippen LogP contribution in [0.25, 0.3) is 0 Å². The average molecular weight is 300 g/mol. The number of halogens is 1. The van der Waals surface area contributed by atoms with Gasteiger partial charge in [0.2, 0.25) is 0 Å². The number of ether oxygens (including phenoxy) is 2. The fourth-order valence-corrected chi connectivity index (χ4v) is 1.91. The number of esters is 1. The first-order chi connectivity index (χ1) is 9.67. The van der Waals surface area contributed by atoms with Crippen LogP contribution in [-0.2, 0) is 9.53 Å². The molecule has 8 heteroatoms. The third-order valence-electron chi connectivity index (χ3n) is 2.81. The molecule has 1 aromatic rings. The number of hydrogen-bond acceptors (Lipinski definition) is 6. The summed E-state index contributed by atoms with van der Waals surface area (Å²) in [5, 5.41) is 10.9. The smallest absolute Gasteiger partial charge is 0.325 e. The minimum atomic E-state index is -1.31. The Morgan fingerprint density at radius 1 is 1.57 bits per heavy atom. The number of hydrogen-bond donors (Lipinski definition) is 1. The Balaban J connectivity index is 2.89. The Labute approximate surface area is 121 Å². The van der Waals surface area contributed by atoms with Crippen LogP contribution in [-0.4, -0.2) is 29.6 Å². The first-order valence-electron chi connectivity index (χ1n) is 6.15. The molecule has 0 aromatic heterocycles. The number of methoxy groups -OCH3 is 1. The lowest BCUT2D eigenvalue weighted by molar-refractivity contribution is -0.386. The fraction of sp³-hybridized carbons (Fsp3) is 0.462. The molecule has 7 nitrogen and oxygen atoms in total. The second-order valence-corrected chi connectivity index (χ2v) is 4.91. The van der Waals surface area contributed by atoms with Crippen molar-refractivity contribution in [1.82, 2.24) is 0 Å². The molecule has 0 fully saturated rings. The van der Waals surface area contributed by atoms with Crippen LogP contribution in [0.15, 0.2) is 18.2 Å². The number of nitrogens with zero attached hydrogens (tertiary/aromatic N) is 1. The van der Waals surface area contributed by atoms with Gasteiger partial charge in [-0.2, -0.15) is 0 Å². The molecule has 2 unspecified atom stereocenters. The lowest BCUT2D eigenvalue weighted by atomic mass is 9.96. The van der Waals surface area contributed by atoms with Crippen molar-refractivity contribution in [2.45, 2.75) is 31.9 Å². The topological polar surface area (TPSA) is 105 Å². The van der Waals surface area contributed by atoms with Crippen molar-refractivity contribution >= 4 is 11.7 Å². The van der Waals surface area contributed by atoms with E-state index in [-0.39, 0.29) is 17.9 Å². The highest BCUT2D eigenvalue weighted by Gasteiger charge is 2.32. The van der Waals surface area contributed by atoms with Crippen LogP contribution < -0.4 is 10.5 Å². The van der Waals surface area contributed by atoms with E-state index < -0.39 is 28.4 Å². The van der Waals surface area contributed by atoms with Gasteiger partial charge in [0.15, 0.2) is 5.75 Å². The van der Waals surface area contributed by atoms with Gasteiger partial charge in [-0.15, -0.1) is 0 Å². The minimum absolute atomic E-state index is 0.0489. The van der Waals surface area contributed by atoms with Crippen LogP contribution in [0.4, 0.5) is 10.1 Å². The molecule has 2 atom stereocenters. The number of nitrogens with two attached hydrogens (primary N) is 1. The van der Waals surface area contributed by atoms with Gasteiger partial charge in [0, 0.05) is 18.6 Å². The lowest BCUT2D eigenvalue weighted by Crippen LogP contribution is -2.48. The summed E-state index contributed by atoms with van der Waals surface area (Å²) in [5.74, 6) is -1.51. The number of carbonyl (C=O) groups is 1. The van der Waals surface area contributed by atoms with E-state index in [1.807, 2.05) is 0 Å². The molecule has 0 aliphatic rings. The summed E-state index contributed by atoms with van der Waals surface area (Å²) < 4.78 is 23.1. The SMILES string of the molecule is COC(=O)C(C)(N)CC(C)Oc1cc(F)ccc1[N+](=O)[O-]. The van der Waals surface area contributed by atoms with Crippen LogP contribution in [0.5, 0.6) is 5.75 Å². The van der Waals surface area contributed by atoms with E-state index in [0.717, 1.165) is 18.2 Å². The number of nitro groups is 1. The summed E-state index contributed by atoms with van der Waals surface area (Å²) in [6, 6.07) is 2.90. The Bertz CT molecular complexity index is 547. The highest BCUT2D eigenvalue weighted by molar-refractivity contribution is 5.79. The average Bonchev–Trinajstić information content (AvgIpc) is 2.36. The molecule has 0 spiro atoms. The van der Waals surface area contributed by atoms with Gasteiger partial charge in [-0.25, -0.2) is 4.39 Å². The maximum absolute atomic E-state index is 13.2. The van der Waals surface area contributed by atoms with E-state index in [4.69, 9.17) is 10.5 Å². The highest BCUT2D eigenvalue weighted by Crippen LogP contribution is 2.29. The van der Waals surface area contributed by atoms with Gasteiger partial charge in [0.1, 0.15) is 11.4 Å². The van der Waals surface area contributed by atoms with Gasteiger partial charge >= 0.3 is 11.7 Å². The van der Waals surface area contributed by atoms with Crippen molar-refractivity contribution < 1.29 is 23.6 Å². The van der Waals surface area contributed by atoms with Crippen molar-refractivity contribution in [1.29, 1.82) is 0 Å². The minimum Gasteiger partial charge on any atom is -0.484 e. The molecule has 0 bridgehead atoms. The van der Waals surface area contributed by atoms with Crippen LogP contribution in [0, 0.1) is 15.9 Å². The second kappa shape index (κ2) is 6.49. The van der Waals surface area contributed by atoms with Crippen molar-refractivity contribution in [2.75, 3.05) is 7.11 Å². The molecule has 0 saturated heterocycles. The number of rotatable bonds is 6. The molecular formula is C13H17FN2O5. The first-order valence-corrected chi connectivity index (χ1v) is 6.15. The maximum atomic E-state index is 13.2. The number of carbonyl (C=O) groups excluding carboxylic acids is 1. The summed E-state index contributed by atoms with van der Waals surface area (Å²) in [6.07, 6.45) is -0.604. The van der Waals surface area contributed by atoms with E-state index in [2.05, 4.69) is 4.74 Å². The zero-order chi connectivity index (χ0) is 16.2. The summed E-state index contributed by atoms with van der Waals surface area (Å²) in [7, 11) is 1.20. The molecule has 0 heterocycles. The van der Waals surface area contributed by atoms with Crippen molar-refractivity contribution in [3.8, 4) is 5.75 Å². The fourth-order valence-electron chi connectivity index (χ4n) is 1.91. The molecular weight excluding hydrogens is 283 g/mol. The number of benzene rings is 1. The molecule has 0 aliphatic carbocycles. The predicted molar refractivity (Wildman–Crippen MR) is 72.4 cm³/mol. The molecule has 0 aliphatic heterocycles. The summed E-state index contributed by atoms with van der Waals surface area (Å²) in [4.78, 5) is 21.7. The van der Waals surface area contributed by atoms with Crippen LogP contribution in [0.1, 0.15) is 20.3 Å². The first kappa shape index (κ1) is 16.8. The van der Waals surface area contributed by atoms with E-state index in [1.165, 1.54) is 14.0 Å². The normalized spacial score (nSPS) is 14.9. The van der Waals surface area contributed by atoms with Gasteiger partial charge in [0.05, 0.1) is 18.1 Å².